The number of benzene rings is 1. The molecule has 0 radical (unpaired) electrons. The summed E-state index contributed by atoms with van der Waals surface area (Å²) in [5.74, 6) is 0.167. The number of carbonyl (C=O) groups is 1. The van der Waals surface area contributed by atoms with Crippen molar-refractivity contribution in [2.45, 2.75) is 45.1 Å². The van der Waals surface area contributed by atoms with E-state index in [9.17, 15) is 4.79 Å². The van der Waals surface area contributed by atoms with Crippen molar-refractivity contribution in [2.75, 3.05) is 10.6 Å². The van der Waals surface area contributed by atoms with Crippen LogP contribution < -0.4 is 10.6 Å². The molecule has 0 aliphatic heterocycles. The fraction of sp³-hybridized carbons (Fsp3) is 0.389. The van der Waals surface area contributed by atoms with Crippen LogP contribution in [-0.4, -0.2) is 21.9 Å². The highest BCUT2D eigenvalue weighted by molar-refractivity contribution is 6.36. The van der Waals surface area contributed by atoms with Crippen LogP contribution in [0.25, 0.3) is 0 Å². The minimum atomic E-state index is -0.332. The number of anilines is 2. The number of hydrogen-bond acceptors (Lipinski definition) is 4. The standard InChI is InChI=1S/C18H20Cl2N4O/c1-11-9-16(17(25)23-15-8-7-12(19)10-14(15)20)24-18(21-11)22-13-5-3-2-4-6-13/h7-10,13H,2-6H2,1H3,(H,23,25)(H,21,22,24). The second-order valence-corrected chi connectivity index (χ2v) is 7.12. The Morgan fingerprint density at radius 2 is 1.88 bits per heavy atom. The molecule has 1 aromatic heterocycles. The molecule has 0 unspecified atom stereocenters. The van der Waals surface area contributed by atoms with E-state index in [1.807, 2.05) is 6.92 Å². The van der Waals surface area contributed by atoms with Crippen LogP contribution in [0.15, 0.2) is 24.3 Å². The third-order valence-electron chi connectivity index (χ3n) is 4.20. The number of rotatable bonds is 4. The molecule has 0 atom stereocenters. The number of aromatic nitrogens is 2. The molecule has 0 spiro atoms. The molecule has 0 saturated heterocycles. The molecule has 1 saturated carbocycles. The van der Waals surface area contributed by atoms with Crippen molar-refractivity contribution in [3.8, 4) is 0 Å². The van der Waals surface area contributed by atoms with Gasteiger partial charge < -0.3 is 10.6 Å². The van der Waals surface area contributed by atoms with Crippen LogP contribution in [0.4, 0.5) is 11.6 Å². The molecular weight excluding hydrogens is 359 g/mol. The van der Waals surface area contributed by atoms with Crippen molar-refractivity contribution >= 4 is 40.7 Å². The highest BCUT2D eigenvalue weighted by atomic mass is 35.5. The molecule has 1 fully saturated rings. The summed E-state index contributed by atoms with van der Waals surface area (Å²) in [5, 5.41) is 7.01. The lowest BCUT2D eigenvalue weighted by Crippen LogP contribution is -2.24. The quantitative estimate of drug-likeness (QED) is 0.777. The fourth-order valence-corrected chi connectivity index (χ4v) is 3.41. The van der Waals surface area contributed by atoms with Gasteiger partial charge in [0.25, 0.3) is 5.91 Å². The Bertz CT molecular complexity index is 776. The van der Waals surface area contributed by atoms with E-state index >= 15 is 0 Å². The predicted molar refractivity (Wildman–Crippen MR) is 102 cm³/mol. The van der Waals surface area contributed by atoms with Crippen LogP contribution >= 0.6 is 23.2 Å². The van der Waals surface area contributed by atoms with Crippen LogP contribution in [0.2, 0.25) is 10.0 Å². The summed E-state index contributed by atoms with van der Waals surface area (Å²) >= 11 is 12.0. The first-order chi connectivity index (χ1) is 12.0. The van der Waals surface area contributed by atoms with Crippen molar-refractivity contribution in [1.29, 1.82) is 0 Å². The van der Waals surface area contributed by atoms with E-state index in [4.69, 9.17) is 23.2 Å². The lowest BCUT2D eigenvalue weighted by atomic mass is 9.96. The van der Waals surface area contributed by atoms with E-state index in [1.165, 1.54) is 19.3 Å². The molecule has 0 bridgehead atoms. The second kappa shape index (κ2) is 8.02. The largest absolute Gasteiger partial charge is 0.351 e. The molecule has 5 nitrogen and oxygen atoms in total. The maximum Gasteiger partial charge on any atom is 0.274 e. The molecule has 3 rings (SSSR count). The Morgan fingerprint density at radius 3 is 2.60 bits per heavy atom. The monoisotopic (exact) mass is 378 g/mol. The van der Waals surface area contributed by atoms with E-state index in [1.54, 1.807) is 24.3 Å². The second-order valence-electron chi connectivity index (χ2n) is 6.28. The Balaban J connectivity index is 1.75. The van der Waals surface area contributed by atoms with E-state index in [2.05, 4.69) is 20.6 Å². The number of halogens is 2. The van der Waals surface area contributed by atoms with Gasteiger partial charge in [0, 0.05) is 16.8 Å². The zero-order valence-corrected chi connectivity index (χ0v) is 15.5. The third-order valence-corrected chi connectivity index (χ3v) is 4.75. The summed E-state index contributed by atoms with van der Waals surface area (Å²) in [4.78, 5) is 21.3. The molecular formula is C18H20Cl2N4O. The van der Waals surface area contributed by atoms with Gasteiger partial charge in [-0.25, -0.2) is 9.97 Å². The summed E-state index contributed by atoms with van der Waals surface area (Å²) in [6, 6.07) is 6.95. The molecule has 1 amide bonds. The van der Waals surface area contributed by atoms with E-state index in [0.29, 0.717) is 33.4 Å². The zero-order valence-electron chi connectivity index (χ0n) is 14.0. The molecule has 1 heterocycles. The Kier molecular flexibility index (Phi) is 5.76. The minimum Gasteiger partial charge on any atom is -0.351 e. The van der Waals surface area contributed by atoms with Crippen LogP contribution in [0, 0.1) is 6.92 Å². The van der Waals surface area contributed by atoms with Crippen LogP contribution in [0.1, 0.15) is 48.3 Å². The highest BCUT2D eigenvalue weighted by Gasteiger charge is 2.17. The molecule has 7 heteroatoms. The zero-order chi connectivity index (χ0) is 17.8. The van der Waals surface area contributed by atoms with Crippen LogP contribution in [0.5, 0.6) is 0 Å². The molecule has 1 aliphatic carbocycles. The summed E-state index contributed by atoms with van der Waals surface area (Å²) in [7, 11) is 0. The van der Waals surface area contributed by atoms with Gasteiger partial charge in [-0.1, -0.05) is 42.5 Å². The minimum absolute atomic E-state index is 0.303. The van der Waals surface area contributed by atoms with E-state index in [-0.39, 0.29) is 5.91 Å². The molecule has 25 heavy (non-hydrogen) atoms. The number of aryl methyl sites for hydroxylation is 1. The molecule has 2 aromatic rings. The Hall–Kier alpha value is -1.85. The molecule has 132 valence electrons. The lowest BCUT2D eigenvalue weighted by molar-refractivity contribution is 0.102. The summed E-state index contributed by atoms with van der Waals surface area (Å²) in [6.45, 7) is 1.85. The summed E-state index contributed by atoms with van der Waals surface area (Å²) in [6.07, 6.45) is 5.93. The average molecular weight is 379 g/mol. The molecule has 1 aliphatic rings. The van der Waals surface area contributed by atoms with Gasteiger partial charge in [0.2, 0.25) is 5.95 Å². The number of amides is 1. The Morgan fingerprint density at radius 1 is 1.12 bits per heavy atom. The average Bonchev–Trinajstić information content (AvgIpc) is 2.57. The summed E-state index contributed by atoms with van der Waals surface area (Å²) in [5.41, 5.74) is 1.53. The number of nitrogens with one attached hydrogen (secondary N) is 2. The van der Waals surface area contributed by atoms with Gasteiger partial charge in [0.1, 0.15) is 5.69 Å². The number of nitrogens with zero attached hydrogens (tertiary/aromatic N) is 2. The topological polar surface area (TPSA) is 66.9 Å². The summed E-state index contributed by atoms with van der Waals surface area (Å²) < 4.78 is 0. The maximum atomic E-state index is 12.5. The normalized spacial score (nSPS) is 15.0. The van der Waals surface area contributed by atoms with Gasteiger partial charge in [0.15, 0.2) is 0 Å². The van der Waals surface area contributed by atoms with Crippen molar-refractivity contribution in [3.63, 3.8) is 0 Å². The van der Waals surface area contributed by atoms with Crippen molar-refractivity contribution in [1.82, 2.24) is 9.97 Å². The number of carbonyl (C=O) groups excluding carboxylic acids is 1. The van der Waals surface area contributed by atoms with Gasteiger partial charge in [-0.2, -0.15) is 0 Å². The van der Waals surface area contributed by atoms with Crippen LogP contribution in [-0.2, 0) is 0 Å². The third kappa shape index (κ3) is 4.83. The predicted octanol–water partition coefficient (Wildman–Crippen LogP) is 5.09. The first-order valence-electron chi connectivity index (χ1n) is 8.40. The van der Waals surface area contributed by atoms with Gasteiger partial charge in [-0.3, -0.25) is 4.79 Å². The molecule has 2 N–H and O–H groups in total. The highest BCUT2D eigenvalue weighted by Crippen LogP contribution is 2.26. The lowest BCUT2D eigenvalue weighted by Gasteiger charge is -2.23. The smallest absolute Gasteiger partial charge is 0.274 e. The number of hydrogen-bond donors (Lipinski definition) is 2. The van der Waals surface area contributed by atoms with Gasteiger partial charge in [-0.15, -0.1) is 0 Å². The van der Waals surface area contributed by atoms with E-state index < -0.39 is 0 Å². The molecule has 1 aromatic carbocycles. The first kappa shape index (κ1) is 18.0. The SMILES string of the molecule is Cc1cc(C(=O)Nc2ccc(Cl)cc2Cl)nc(NC2CCCCC2)n1. The fourth-order valence-electron chi connectivity index (χ4n) is 2.96. The Labute approximate surface area is 157 Å². The van der Waals surface area contributed by atoms with Crippen molar-refractivity contribution in [3.05, 3.63) is 45.7 Å². The van der Waals surface area contributed by atoms with Crippen molar-refractivity contribution < 1.29 is 4.79 Å². The van der Waals surface area contributed by atoms with Crippen LogP contribution in [0.3, 0.4) is 0 Å². The van der Waals surface area contributed by atoms with Crippen molar-refractivity contribution in [2.24, 2.45) is 0 Å². The van der Waals surface area contributed by atoms with E-state index in [0.717, 1.165) is 18.5 Å². The maximum absolute atomic E-state index is 12.5. The van der Waals surface area contributed by atoms with Gasteiger partial charge >= 0.3 is 0 Å². The van der Waals surface area contributed by atoms with Gasteiger partial charge in [0.05, 0.1) is 10.7 Å². The van der Waals surface area contributed by atoms with Gasteiger partial charge in [-0.05, 0) is 44.0 Å². The first-order valence-corrected chi connectivity index (χ1v) is 9.15.